The molecule has 78 valence electrons. The zero-order valence-electron chi connectivity index (χ0n) is 8.03. The molecule has 1 aromatic heterocycles. The number of hydrogen-bond donors (Lipinski definition) is 1. The second kappa shape index (κ2) is 5.74. The average molecular weight is 261 g/mol. The molecule has 0 aromatic carbocycles. The first kappa shape index (κ1) is 11.2. The Hall–Kier alpha value is -0.910. The highest BCUT2D eigenvalue weighted by Crippen LogP contribution is 2.01. The highest BCUT2D eigenvalue weighted by molar-refractivity contribution is 9.09. The predicted octanol–water partition coefficient (Wildman–Crippen LogP) is 1.05. The molecule has 0 bridgehead atoms. The van der Waals surface area contributed by atoms with Gasteiger partial charge < -0.3 is 4.90 Å². The lowest BCUT2D eigenvalue weighted by atomic mass is 10.3. The third-order valence-corrected chi connectivity index (χ3v) is 2.43. The summed E-state index contributed by atoms with van der Waals surface area (Å²) in [4.78, 5) is 13.5. The number of H-pyrrole nitrogens is 1. The van der Waals surface area contributed by atoms with Crippen LogP contribution in [-0.4, -0.2) is 44.6 Å². The molecule has 0 saturated heterocycles. The summed E-state index contributed by atoms with van der Waals surface area (Å²) in [7, 11) is 0. The van der Waals surface area contributed by atoms with E-state index in [0.717, 1.165) is 18.3 Å². The quantitative estimate of drug-likeness (QED) is 0.806. The Morgan fingerprint density at radius 1 is 1.71 bits per heavy atom. The van der Waals surface area contributed by atoms with Crippen LogP contribution in [0.1, 0.15) is 23.8 Å². The molecule has 1 aromatic rings. The van der Waals surface area contributed by atoms with E-state index >= 15 is 0 Å². The van der Waals surface area contributed by atoms with E-state index in [1.165, 1.54) is 6.20 Å². The summed E-state index contributed by atoms with van der Waals surface area (Å²) in [6.45, 7) is 3.39. The van der Waals surface area contributed by atoms with E-state index in [1.807, 2.05) is 6.92 Å². The first-order valence-electron chi connectivity index (χ1n) is 4.50. The van der Waals surface area contributed by atoms with E-state index in [1.54, 1.807) is 4.90 Å². The van der Waals surface area contributed by atoms with Crippen LogP contribution in [-0.2, 0) is 0 Å². The maximum atomic E-state index is 11.7. The van der Waals surface area contributed by atoms with Gasteiger partial charge in [-0.1, -0.05) is 15.9 Å². The summed E-state index contributed by atoms with van der Waals surface area (Å²) < 4.78 is 0. The van der Waals surface area contributed by atoms with Crippen LogP contribution in [0, 0.1) is 0 Å². The maximum absolute atomic E-state index is 11.7. The van der Waals surface area contributed by atoms with Crippen molar-refractivity contribution in [2.45, 2.75) is 13.3 Å². The molecule has 0 fully saturated rings. The van der Waals surface area contributed by atoms with E-state index < -0.39 is 0 Å². The molecule has 14 heavy (non-hydrogen) atoms. The Balaban J connectivity index is 2.56. The van der Waals surface area contributed by atoms with Crippen molar-refractivity contribution in [3.8, 4) is 0 Å². The van der Waals surface area contributed by atoms with Crippen molar-refractivity contribution < 1.29 is 4.79 Å². The molecule has 0 aliphatic rings. The van der Waals surface area contributed by atoms with Gasteiger partial charge in [-0.3, -0.25) is 4.79 Å². The van der Waals surface area contributed by atoms with Crippen LogP contribution in [0.3, 0.4) is 0 Å². The summed E-state index contributed by atoms with van der Waals surface area (Å²) in [5.74, 6) is -0.0674. The summed E-state index contributed by atoms with van der Waals surface area (Å²) >= 11 is 3.33. The maximum Gasteiger partial charge on any atom is 0.276 e. The van der Waals surface area contributed by atoms with Gasteiger partial charge in [0.2, 0.25) is 0 Å². The zero-order valence-corrected chi connectivity index (χ0v) is 9.62. The van der Waals surface area contributed by atoms with E-state index in [9.17, 15) is 4.79 Å². The number of nitrogens with zero attached hydrogens (tertiary/aromatic N) is 3. The number of rotatable bonds is 5. The lowest BCUT2D eigenvalue weighted by Crippen LogP contribution is -2.32. The molecule has 0 unspecified atom stereocenters. The van der Waals surface area contributed by atoms with Gasteiger partial charge in [0.15, 0.2) is 5.69 Å². The number of amides is 1. The fraction of sp³-hybridized carbons (Fsp3) is 0.625. The Kier molecular flexibility index (Phi) is 4.58. The Labute approximate surface area is 91.0 Å². The minimum Gasteiger partial charge on any atom is -0.337 e. The Morgan fingerprint density at radius 3 is 3.00 bits per heavy atom. The molecule has 1 N–H and O–H groups in total. The van der Waals surface area contributed by atoms with Crippen molar-refractivity contribution in [2.75, 3.05) is 18.4 Å². The van der Waals surface area contributed by atoms with Gasteiger partial charge in [0.1, 0.15) is 0 Å². The molecule has 0 atom stereocenters. The summed E-state index contributed by atoms with van der Waals surface area (Å²) in [6.07, 6.45) is 2.39. The van der Waals surface area contributed by atoms with Gasteiger partial charge >= 0.3 is 0 Å². The molecular formula is C8H13BrN4O. The van der Waals surface area contributed by atoms with Gasteiger partial charge in [0.05, 0.1) is 6.20 Å². The van der Waals surface area contributed by atoms with Crippen molar-refractivity contribution in [1.29, 1.82) is 0 Å². The molecule has 1 heterocycles. The van der Waals surface area contributed by atoms with Crippen LogP contribution in [0.4, 0.5) is 0 Å². The minimum absolute atomic E-state index is 0.0674. The number of alkyl halides is 1. The summed E-state index contributed by atoms with van der Waals surface area (Å²) in [5.41, 5.74) is 0.376. The summed E-state index contributed by atoms with van der Waals surface area (Å²) in [6, 6.07) is 0. The van der Waals surface area contributed by atoms with Crippen LogP contribution < -0.4 is 0 Å². The van der Waals surface area contributed by atoms with E-state index in [2.05, 4.69) is 31.3 Å². The SMILES string of the molecule is CCN(CCCBr)C(=O)c1cn[nH]n1. The predicted molar refractivity (Wildman–Crippen MR) is 56.4 cm³/mol. The first-order valence-corrected chi connectivity index (χ1v) is 5.62. The number of nitrogens with one attached hydrogen (secondary N) is 1. The normalized spacial score (nSPS) is 10.1. The van der Waals surface area contributed by atoms with Gasteiger partial charge in [-0.05, 0) is 13.3 Å². The molecule has 0 spiro atoms. The molecule has 6 heteroatoms. The second-order valence-electron chi connectivity index (χ2n) is 2.78. The molecule has 0 radical (unpaired) electrons. The van der Waals surface area contributed by atoms with Crippen LogP contribution in [0.25, 0.3) is 0 Å². The lowest BCUT2D eigenvalue weighted by Gasteiger charge is -2.18. The fourth-order valence-electron chi connectivity index (χ4n) is 1.12. The molecule has 1 rings (SSSR count). The van der Waals surface area contributed by atoms with Crippen LogP contribution in [0.5, 0.6) is 0 Å². The molecule has 0 aliphatic heterocycles. The Morgan fingerprint density at radius 2 is 2.50 bits per heavy atom. The van der Waals surface area contributed by atoms with Gasteiger partial charge in [0, 0.05) is 18.4 Å². The van der Waals surface area contributed by atoms with Gasteiger partial charge in [0.25, 0.3) is 5.91 Å². The molecular weight excluding hydrogens is 248 g/mol. The number of carbonyl (C=O) groups is 1. The molecule has 0 saturated carbocycles. The van der Waals surface area contributed by atoms with Crippen molar-refractivity contribution in [3.05, 3.63) is 11.9 Å². The minimum atomic E-state index is -0.0674. The molecule has 5 nitrogen and oxygen atoms in total. The summed E-state index contributed by atoms with van der Waals surface area (Å²) in [5, 5.41) is 10.7. The second-order valence-corrected chi connectivity index (χ2v) is 3.58. The lowest BCUT2D eigenvalue weighted by molar-refractivity contribution is 0.0759. The van der Waals surface area contributed by atoms with Gasteiger partial charge in [-0.15, -0.1) is 0 Å². The zero-order chi connectivity index (χ0) is 10.4. The fourth-order valence-corrected chi connectivity index (χ4v) is 1.37. The first-order chi connectivity index (χ1) is 6.79. The van der Waals surface area contributed by atoms with Crippen molar-refractivity contribution >= 4 is 21.8 Å². The van der Waals surface area contributed by atoms with Crippen LogP contribution >= 0.6 is 15.9 Å². The highest BCUT2D eigenvalue weighted by atomic mass is 79.9. The number of carbonyl (C=O) groups excluding carboxylic acids is 1. The number of aromatic nitrogens is 3. The highest BCUT2D eigenvalue weighted by Gasteiger charge is 2.15. The van der Waals surface area contributed by atoms with Crippen LogP contribution in [0.15, 0.2) is 6.20 Å². The van der Waals surface area contributed by atoms with Crippen molar-refractivity contribution in [1.82, 2.24) is 20.3 Å². The van der Waals surface area contributed by atoms with Crippen molar-refractivity contribution in [3.63, 3.8) is 0 Å². The Bertz CT molecular complexity index is 275. The average Bonchev–Trinajstić information content (AvgIpc) is 2.71. The van der Waals surface area contributed by atoms with Crippen molar-refractivity contribution in [2.24, 2.45) is 0 Å². The van der Waals surface area contributed by atoms with Crippen LogP contribution in [0.2, 0.25) is 0 Å². The molecule has 0 aliphatic carbocycles. The number of halogens is 1. The van der Waals surface area contributed by atoms with Gasteiger partial charge in [-0.25, -0.2) is 0 Å². The van der Waals surface area contributed by atoms with E-state index in [-0.39, 0.29) is 5.91 Å². The topological polar surface area (TPSA) is 61.9 Å². The number of hydrogen-bond acceptors (Lipinski definition) is 3. The molecule has 1 amide bonds. The van der Waals surface area contributed by atoms with E-state index in [4.69, 9.17) is 0 Å². The largest absolute Gasteiger partial charge is 0.337 e. The van der Waals surface area contributed by atoms with Gasteiger partial charge in [-0.2, -0.15) is 15.4 Å². The third kappa shape index (κ3) is 2.80. The smallest absolute Gasteiger partial charge is 0.276 e. The third-order valence-electron chi connectivity index (χ3n) is 1.86. The number of aromatic amines is 1. The standard InChI is InChI=1S/C8H13BrN4O/c1-2-13(5-3-4-9)8(14)7-6-10-12-11-7/h6H,2-5H2,1H3,(H,10,11,12). The monoisotopic (exact) mass is 260 g/mol. The van der Waals surface area contributed by atoms with E-state index in [0.29, 0.717) is 12.2 Å².